The van der Waals surface area contributed by atoms with Crippen molar-refractivity contribution in [2.45, 2.75) is 31.9 Å². The summed E-state index contributed by atoms with van der Waals surface area (Å²) in [5, 5.41) is 3.13. The summed E-state index contributed by atoms with van der Waals surface area (Å²) in [4.78, 5) is 12.9. The second-order valence-corrected chi connectivity index (χ2v) is 7.35. The summed E-state index contributed by atoms with van der Waals surface area (Å²) in [6.07, 6.45) is 0.656. The van der Waals surface area contributed by atoms with Crippen LogP contribution in [0.25, 0.3) is 0 Å². The number of nitrogens with one attached hydrogen (secondary N) is 1. The number of rotatable bonds is 3. The van der Waals surface area contributed by atoms with Crippen LogP contribution in [0.15, 0.2) is 36.4 Å². The van der Waals surface area contributed by atoms with E-state index in [2.05, 4.69) is 5.32 Å². The lowest BCUT2D eigenvalue weighted by molar-refractivity contribution is 0.0617. The van der Waals surface area contributed by atoms with Crippen LogP contribution in [0.4, 0.5) is 0 Å². The topological polar surface area (TPSA) is 66.0 Å². The van der Waals surface area contributed by atoms with Gasteiger partial charge in [-0.15, -0.1) is 0 Å². The van der Waals surface area contributed by atoms with Gasteiger partial charge in [0.2, 0.25) is 0 Å². The maximum absolute atomic E-state index is 12.9. The highest BCUT2D eigenvalue weighted by Gasteiger charge is 2.35. The number of carbonyl (C=O) groups is 1. The van der Waals surface area contributed by atoms with Gasteiger partial charge in [-0.3, -0.25) is 4.79 Å². The molecule has 0 unspecified atom stereocenters. The second-order valence-electron chi connectivity index (χ2n) is 7.35. The number of ether oxygens (including phenoxy) is 4. The number of hydrogen-bond donors (Lipinski definition) is 1. The lowest BCUT2D eigenvalue weighted by Gasteiger charge is -2.38. The van der Waals surface area contributed by atoms with E-state index in [0.717, 1.165) is 17.1 Å². The van der Waals surface area contributed by atoms with Gasteiger partial charge in [-0.2, -0.15) is 0 Å². The lowest BCUT2D eigenvalue weighted by atomic mass is 9.89. The van der Waals surface area contributed by atoms with Crippen LogP contribution in [0, 0.1) is 0 Å². The van der Waals surface area contributed by atoms with Gasteiger partial charge >= 0.3 is 0 Å². The molecule has 0 aliphatic carbocycles. The first-order chi connectivity index (χ1) is 12.9. The van der Waals surface area contributed by atoms with Crippen LogP contribution in [0.1, 0.15) is 42.2 Å². The molecule has 2 aliphatic heterocycles. The number of amides is 1. The third-order valence-corrected chi connectivity index (χ3v) is 4.78. The van der Waals surface area contributed by atoms with E-state index >= 15 is 0 Å². The van der Waals surface area contributed by atoms with Crippen LogP contribution in [-0.4, -0.2) is 31.8 Å². The van der Waals surface area contributed by atoms with Crippen molar-refractivity contribution in [3.8, 4) is 23.0 Å². The van der Waals surface area contributed by atoms with E-state index in [9.17, 15) is 4.79 Å². The van der Waals surface area contributed by atoms with E-state index in [1.165, 1.54) is 0 Å². The molecule has 0 spiro atoms. The molecule has 4 rings (SSSR count). The maximum Gasteiger partial charge on any atom is 0.251 e. The lowest BCUT2D eigenvalue weighted by Crippen LogP contribution is -2.41. The molecule has 0 saturated heterocycles. The highest BCUT2D eigenvalue weighted by Crippen LogP contribution is 2.41. The van der Waals surface area contributed by atoms with E-state index < -0.39 is 0 Å². The molecule has 6 nitrogen and oxygen atoms in total. The van der Waals surface area contributed by atoms with E-state index in [0.29, 0.717) is 36.7 Å². The van der Waals surface area contributed by atoms with Gasteiger partial charge in [-0.05, 0) is 50.2 Å². The zero-order valence-electron chi connectivity index (χ0n) is 15.7. The molecule has 0 fully saturated rings. The Kier molecular flexibility index (Phi) is 4.34. The van der Waals surface area contributed by atoms with Gasteiger partial charge < -0.3 is 24.3 Å². The van der Waals surface area contributed by atoms with Crippen molar-refractivity contribution >= 4 is 5.91 Å². The molecule has 0 aromatic heterocycles. The molecule has 2 heterocycles. The van der Waals surface area contributed by atoms with Crippen LogP contribution < -0.4 is 24.3 Å². The quantitative estimate of drug-likeness (QED) is 0.897. The van der Waals surface area contributed by atoms with Gasteiger partial charge in [0.15, 0.2) is 11.5 Å². The minimum absolute atomic E-state index is 0.163. The Morgan fingerprint density at radius 2 is 1.81 bits per heavy atom. The monoisotopic (exact) mass is 369 g/mol. The fraction of sp³-hybridized carbons (Fsp3) is 0.381. The molecule has 142 valence electrons. The van der Waals surface area contributed by atoms with E-state index in [1.807, 2.05) is 32.0 Å². The molecule has 0 saturated carbocycles. The fourth-order valence-corrected chi connectivity index (χ4v) is 3.51. The Balaban J connectivity index is 1.61. The summed E-state index contributed by atoms with van der Waals surface area (Å²) in [5.74, 6) is 2.60. The number of hydrogen-bond acceptors (Lipinski definition) is 5. The molecule has 27 heavy (non-hydrogen) atoms. The number of methoxy groups -OCH3 is 1. The van der Waals surface area contributed by atoms with Crippen LogP contribution in [0.3, 0.4) is 0 Å². The second kappa shape index (κ2) is 6.68. The first kappa shape index (κ1) is 17.5. The Hall–Kier alpha value is -2.89. The van der Waals surface area contributed by atoms with Crippen LogP contribution >= 0.6 is 0 Å². The Morgan fingerprint density at radius 1 is 1.07 bits per heavy atom. The molecular weight excluding hydrogens is 346 g/mol. The van der Waals surface area contributed by atoms with Gasteiger partial charge in [0.1, 0.15) is 30.3 Å². The van der Waals surface area contributed by atoms with Crippen molar-refractivity contribution in [3.05, 3.63) is 47.5 Å². The molecular formula is C21H23NO5. The van der Waals surface area contributed by atoms with Crippen molar-refractivity contribution in [3.63, 3.8) is 0 Å². The maximum atomic E-state index is 12.9. The molecule has 1 atom stereocenters. The first-order valence-corrected chi connectivity index (χ1v) is 9.03. The minimum atomic E-state index is -0.383. The molecule has 0 radical (unpaired) electrons. The van der Waals surface area contributed by atoms with Gasteiger partial charge in [0.25, 0.3) is 5.91 Å². The van der Waals surface area contributed by atoms with Gasteiger partial charge in [0.05, 0.1) is 13.2 Å². The fourth-order valence-electron chi connectivity index (χ4n) is 3.51. The molecule has 1 amide bonds. The van der Waals surface area contributed by atoms with Crippen molar-refractivity contribution in [2.24, 2.45) is 0 Å². The molecule has 6 heteroatoms. The Morgan fingerprint density at radius 3 is 2.59 bits per heavy atom. The van der Waals surface area contributed by atoms with E-state index in [-0.39, 0.29) is 17.6 Å². The zero-order chi connectivity index (χ0) is 19.0. The van der Waals surface area contributed by atoms with E-state index in [1.54, 1.807) is 25.3 Å². The van der Waals surface area contributed by atoms with Gasteiger partial charge in [0, 0.05) is 17.5 Å². The number of fused-ring (bicyclic) bond motifs is 2. The average molecular weight is 369 g/mol. The molecule has 2 aromatic carbocycles. The van der Waals surface area contributed by atoms with Crippen molar-refractivity contribution < 1.29 is 23.7 Å². The smallest absolute Gasteiger partial charge is 0.251 e. The SMILES string of the molecule is COc1ccc2c(c1)[C@@H](NC(=O)c1ccc3c(c1)OCCO3)CC(C)(C)O2. The van der Waals surface area contributed by atoms with Crippen molar-refractivity contribution in [2.75, 3.05) is 20.3 Å². The standard InChI is InChI=1S/C21H23NO5/c1-21(2)12-16(15-11-14(24-3)5-7-17(15)27-21)22-20(23)13-4-6-18-19(10-13)26-9-8-25-18/h4-7,10-11,16H,8-9,12H2,1-3H3,(H,22,23)/t16-/m0/s1. The number of benzene rings is 2. The largest absolute Gasteiger partial charge is 0.497 e. The summed E-state index contributed by atoms with van der Waals surface area (Å²) in [5.41, 5.74) is 1.07. The van der Waals surface area contributed by atoms with Crippen LogP contribution in [-0.2, 0) is 0 Å². The molecule has 2 aliphatic rings. The summed E-state index contributed by atoms with van der Waals surface area (Å²) < 4.78 is 22.5. The summed E-state index contributed by atoms with van der Waals surface area (Å²) in [7, 11) is 1.62. The minimum Gasteiger partial charge on any atom is -0.497 e. The van der Waals surface area contributed by atoms with Gasteiger partial charge in [-0.25, -0.2) is 0 Å². The summed E-state index contributed by atoms with van der Waals surface area (Å²) in [6.45, 7) is 5.04. The van der Waals surface area contributed by atoms with Gasteiger partial charge in [-0.1, -0.05) is 0 Å². The van der Waals surface area contributed by atoms with E-state index in [4.69, 9.17) is 18.9 Å². The summed E-state index contributed by atoms with van der Waals surface area (Å²) in [6, 6.07) is 10.7. The third-order valence-electron chi connectivity index (χ3n) is 4.78. The Bertz CT molecular complexity index is 877. The molecule has 1 N–H and O–H groups in total. The predicted molar refractivity (Wildman–Crippen MR) is 100.0 cm³/mol. The summed E-state index contributed by atoms with van der Waals surface area (Å²) >= 11 is 0. The zero-order valence-corrected chi connectivity index (χ0v) is 15.7. The Labute approximate surface area is 158 Å². The highest BCUT2D eigenvalue weighted by atomic mass is 16.6. The molecule has 2 aromatic rings. The average Bonchev–Trinajstić information content (AvgIpc) is 2.66. The first-order valence-electron chi connectivity index (χ1n) is 9.03. The normalized spacial score (nSPS) is 19.4. The van der Waals surface area contributed by atoms with Crippen LogP contribution in [0.2, 0.25) is 0 Å². The van der Waals surface area contributed by atoms with Crippen molar-refractivity contribution in [1.82, 2.24) is 5.32 Å². The third kappa shape index (κ3) is 3.52. The molecule has 0 bridgehead atoms. The highest BCUT2D eigenvalue weighted by molar-refractivity contribution is 5.95. The van der Waals surface area contributed by atoms with Crippen LogP contribution in [0.5, 0.6) is 23.0 Å². The number of carbonyl (C=O) groups excluding carboxylic acids is 1. The predicted octanol–water partition coefficient (Wildman–Crippen LogP) is 3.50. The van der Waals surface area contributed by atoms with Crippen molar-refractivity contribution in [1.29, 1.82) is 0 Å².